The number of halogens is 5. The Morgan fingerprint density at radius 1 is 1.17 bits per heavy atom. The average molecular weight is 406 g/mol. The van der Waals surface area contributed by atoms with E-state index in [0.29, 0.717) is 15.7 Å². The third-order valence-corrected chi connectivity index (χ3v) is 3.56. The van der Waals surface area contributed by atoms with E-state index >= 15 is 0 Å². The Bertz CT molecular complexity index is 732. The van der Waals surface area contributed by atoms with E-state index in [-0.39, 0.29) is 18.3 Å². The molecule has 0 aliphatic heterocycles. The van der Waals surface area contributed by atoms with Crippen LogP contribution in [0, 0.1) is 5.82 Å². The van der Waals surface area contributed by atoms with Crippen LogP contribution in [0.5, 0.6) is 5.75 Å². The lowest BCUT2D eigenvalue weighted by atomic mass is 10.2. The van der Waals surface area contributed by atoms with E-state index in [9.17, 15) is 17.6 Å². The van der Waals surface area contributed by atoms with Gasteiger partial charge in [-0.25, -0.2) is 9.38 Å². The van der Waals surface area contributed by atoms with Crippen LogP contribution in [-0.2, 0) is 6.54 Å². The summed E-state index contributed by atoms with van der Waals surface area (Å²) in [6.45, 7) is 0.131. The molecule has 24 heavy (non-hydrogen) atoms. The Balaban J connectivity index is 1.98. The van der Waals surface area contributed by atoms with Crippen LogP contribution in [0.4, 0.5) is 23.2 Å². The van der Waals surface area contributed by atoms with Gasteiger partial charge >= 0.3 is 6.36 Å². The summed E-state index contributed by atoms with van der Waals surface area (Å²) in [4.78, 5) is 4.05. The first kappa shape index (κ1) is 18.1. The number of guanidine groups is 1. The van der Waals surface area contributed by atoms with Gasteiger partial charge < -0.3 is 15.8 Å². The SMILES string of the molecule is NC(=NCc1cc(F)ccc1Br)Nc1ccc(OC(F)(F)F)cc1. The molecule has 4 nitrogen and oxygen atoms in total. The van der Waals surface area contributed by atoms with Crippen molar-refractivity contribution in [2.75, 3.05) is 5.32 Å². The predicted molar refractivity (Wildman–Crippen MR) is 86.2 cm³/mol. The maximum absolute atomic E-state index is 13.2. The molecule has 3 N–H and O–H groups in total. The van der Waals surface area contributed by atoms with Crippen LogP contribution in [0.15, 0.2) is 51.9 Å². The Morgan fingerprint density at radius 3 is 2.46 bits per heavy atom. The molecule has 2 aromatic carbocycles. The second-order valence-corrected chi connectivity index (χ2v) is 5.49. The summed E-state index contributed by atoms with van der Waals surface area (Å²) in [7, 11) is 0. The lowest BCUT2D eigenvalue weighted by molar-refractivity contribution is -0.274. The topological polar surface area (TPSA) is 59.6 Å². The molecule has 0 atom stereocenters. The number of hydrogen-bond donors (Lipinski definition) is 2. The monoisotopic (exact) mass is 405 g/mol. The van der Waals surface area contributed by atoms with E-state index in [0.717, 1.165) is 12.1 Å². The summed E-state index contributed by atoms with van der Waals surface area (Å²) in [6.07, 6.45) is -4.74. The van der Waals surface area contributed by atoms with Crippen molar-refractivity contribution in [3.05, 3.63) is 58.3 Å². The molecule has 0 heterocycles. The Hall–Kier alpha value is -2.29. The number of hydrogen-bond acceptors (Lipinski definition) is 2. The van der Waals surface area contributed by atoms with Crippen molar-refractivity contribution in [3.63, 3.8) is 0 Å². The molecule has 0 unspecified atom stereocenters. The van der Waals surface area contributed by atoms with E-state index < -0.39 is 12.2 Å². The van der Waals surface area contributed by atoms with Crippen LogP contribution in [0.3, 0.4) is 0 Å². The lowest BCUT2D eigenvalue weighted by Crippen LogP contribution is -2.22. The van der Waals surface area contributed by atoms with Gasteiger partial charge in [-0.15, -0.1) is 13.2 Å². The molecule has 0 amide bonds. The first-order valence-electron chi connectivity index (χ1n) is 6.59. The predicted octanol–water partition coefficient (Wildman–Crippen LogP) is 4.41. The van der Waals surface area contributed by atoms with Crippen LogP contribution in [-0.4, -0.2) is 12.3 Å². The molecule has 2 rings (SSSR count). The maximum atomic E-state index is 13.2. The van der Waals surface area contributed by atoms with Gasteiger partial charge in [0.25, 0.3) is 0 Å². The molecule has 128 valence electrons. The van der Waals surface area contributed by atoms with Gasteiger partial charge in [0.1, 0.15) is 11.6 Å². The maximum Gasteiger partial charge on any atom is 0.573 e. The van der Waals surface area contributed by atoms with E-state index in [1.807, 2.05) is 0 Å². The number of aliphatic imine (C=N–C) groups is 1. The number of nitrogens with one attached hydrogen (secondary N) is 1. The highest BCUT2D eigenvalue weighted by Gasteiger charge is 2.30. The molecule has 0 saturated heterocycles. The summed E-state index contributed by atoms with van der Waals surface area (Å²) < 4.78 is 53.8. The Kier molecular flexibility index (Phi) is 5.66. The molecular weight excluding hydrogens is 394 g/mol. The van der Waals surface area contributed by atoms with E-state index in [2.05, 4.69) is 31.0 Å². The van der Waals surface area contributed by atoms with Crippen molar-refractivity contribution in [2.45, 2.75) is 12.9 Å². The largest absolute Gasteiger partial charge is 0.573 e. The van der Waals surface area contributed by atoms with Crippen LogP contribution < -0.4 is 15.8 Å². The van der Waals surface area contributed by atoms with Gasteiger partial charge in [0.15, 0.2) is 5.96 Å². The summed E-state index contributed by atoms with van der Waals surface area (Å²) in [5.74, 6) is -0.696. The third kappa shape index (κ3) is 5.73. The zero-order valence-electron chi connectivity index (χ0n) is 12.1. The zero-order chi connectivity index (χ0) is 17.7. The molecular formula is C15H12BrF4N3O. The normalized spacial score (nSPS) is 12.1. The van der Waals surface area contributed by atoms with Gasteiger partial charge in [-0.1, -0.05) is 15.9 Å². The molecule has 0 aliphatic rings. The van der Waals surface area contributed by atoms with Crippen molar-refractivity contribution in [1.29, 1.82) is 0 Å². The first-order valence-corrected chi connectivity index (χ1v) is 7.39. The van der Waals surface area contributed by atoms with Gasteiger partial charge in [0, 0.05) is 10.2 Å². The van der Waals surface area contributed by atoms with Crippen molar-refractivity contribution in [1.82, 2.24) is 0 Å². The molecule has 0 saturated carbocycles. The smallest absolute Gasteiger partial charge is 0.406 e. The first-order chi connectivity index (χ1) is 11.2. The van der Waals surface area contributed by atoms with Crippen molar-refractivity contribution >= 4 is 27.6 Å². The fourth-order valence-electron chi connectivity index (χ4n) is 1.76. The number of ether oxygens (including phenoxy) is 1. The van der Waals surface area contributed by atoms with Gasteiger partial charge in [-0.3, -0.25) is 0 Å². The average Bonchev–Trinajstić information content (AvgIpc) is 2.49. The molecule has 9 heteroatoms. The second-order valence-electron chi connectivity index (χ2n) is 4.63. The number of nitrogens with zero attached hydrogens (tertiary/aromatic N) is 1. The number of nitrogens with two attached hydrogens (primary N) is 1. The summed E-state index contributed by atoms with van der Waals surface area (Å²) in [5, 5.41) is 2.72. The molecule has 0 radical (unpaired) electrons. The molecule has 0 spiro atoms. The van der Waals surface area contributed by atoms with E-state index in [1.165, 1.54) is 24.3 Å². The Labute approximate surface area is 143 Å². The molecule has 0 bridgehead atoms. The fraction of sp³-hybridized carbons (Fsp3) is 0.133. The van der Waals surface area contributed by atoms with E-state index in [4.69, 9.17) is 5.73 Å². The van der Waals surface area contributed by atoms with Crippen LogP contribution >= 0.6 is 15.9 Å². The van der Waals surface area contributed by atoms with Crippen LogP contribution in [0.2, 0.25) is 0 Å². The lowest BCUT2D eigenvalue weighted by Gasteiger charge is -2.10. The fourth-order valence-corrected chi connectivity index (χ4v) is 2.13. The molecule has 0 aliphatic carbocycles. The summed E-state index contributed by atoms with van der Waals surface area (Å²) >= 11 is 3.28. The standard InChI is InChI=1S/C15H12BrF4N3O/c16-13-6-1-10(17)7-9(13)8-22-14(21)23-11-2-4-12(5-3-11)24-15(18,19)20/h1-7H,8H2,(H3,21,22,23). The minimum atomic E-state index is -4.74. The van der Waals surface area contributed by atoms with Crippen molar-refractivity contribution in [3.8, 4) is 5.75 Å². The molecule has 2 aromatic rings. The quantitative estimate of drug-likeness (QED) is 0.449. The van der Waals surface area contributed by atoms with Gasteiger partial charge in [-0.05, 0) is 48.0 Å². The minimum Gasteiger partial charge on any atom is -0.406 e. The van der Waals surface area contributed by atoms with Crippen LogP contribution in [0.1, 0.15) is 5.56 Å². The zero-order valence-corrected chi connectivity index (χ0v) is 13.7. The highest BCUT2D eigenvalue weighted by Crippen LogP contribution is 2.24. The number of anilines is 1. The van der Waals surface area contributed by atoms with Crippen molar-refractivity contribution < 1.29 is 22.3 Å². The number of alkyl halides is 3. The summed E-state index contributed by atoms with van der Waals surface area (Å²) in [5.41, 5.74) is 6.74. The molecule has 0 fully saturated rings. The summed E-state index contributed by atoms with van der Waals surface area (Å²) in [6, 6.07) is 9.21. The van der Waals surface area contributed by atoms with E-state index in [1.54, 1.807) is 6.07 Å². The van der Waals surface area contributed by atoms with Crippen molar-refractivity contribution in [2.24, 2.45) is 10.7 Å². The highest BCUT2D eigenvalue weighted by atomic mass is 79.9. The highest BCUT2D eigenvalue weighted by molar-refractivity contribution is 9.10. The third-order valence-electron chi connectivity index (χ3n) is 2.79. The van der Waals surface area contributed by atoms with Crippen LogP contribution in [0.25, 0.3) is 0 Å². The van der Waals surface area contributed by atoms with Gasteiger partial charge in [0.05, 0.1) is 6.54 Å². The van der Waals surface area contributed by atoms with Gasteiger partial charge in [-0.2, -0.15) is 0 Å². The Morgan fingerprint density at radius 2 is 1.83 bits per heavy atom. The second kappa shape index (κ2) is 7.52. The number of rotatable bonds is 4. The minimum absolute atomic E-state index is 0.0376. The number of benzene rings is 2. The van der Waals surface area contributed by atoms with Gasteiger partial charge in [0.2, 0.25) is 0 Å². The molecule has 0 aromatic heterocycles.